The van der Waals surface area contributed by atoms with Crippen LogP contribution >= 0.6 is 0 Å². The maximum Gasteiger partial charge on any atom is 0.262 e. The average molecular weight is 336 g/mol. The Morgan fingerprint density at radius 2 is 1.92 bits per heavy atom. The molecule has 3 N–H and O–H groups in total. The number of carbonyl (C=O) groups excluding carboxylic acids is 1. The van der Waals surface area contributed by atoms with E-state index in [0.29, 0.717) is 22.9 Å². The van der Waals surface area contributed by atoms with Crippen LogP contribution in [0.3, 0.4) is 0 Å². The third-order valence-electron chi connectivity index (χ3n) is 3.94. The van der Waals surface area contributed by atoms with Gasteiger partial charge in [0.05, 0.1) is 5.69 Å². The van der Waals surface area contributed by atoms with E-state index in [9.17, 15) is 9.18 Å². The highest BCUT2D eigenvalue weighted by Crippen LogP contribution is 2.32. The highest BCUT2D eigenvalue weighted by atomic mass is 19.1. The molecule has 2 heterocycles. The van der Waals surface area contributed by atoms with Crippen molar-refractivity contribution in [3.8, 4) is 16.9 Å². The first-order valence-electron chi connectivity index (χ1n) is 7.81. The van der Waals surface area contributed by atoms with E-state index in [4.69, 9.17) is 4.74 Å². The lowest BCUT2D eigenvalue weighted by molar-refractivity contribution is -0.485. The number of halogens is 1. The van der Waals surface area contributed by atoms with E-state index in [0.717, 1.165) is 11.1 Å². The van der Waals surface area contributed by atoms with Crippen molar-refractivity contribution in [3.05, 3.63) is 66.6 Å². The van der Waals surface area contributed by atoms with Crippen molar-refractivity contribution in [1.29, 1.82) is 0 Å². The second-order valence-electron chi connectivity index (χ2n) is 5.68. The Balaban J connectivity index is 1.65. The molecule has 25 heavy (non-hydrogen) atoms. The first-order chi connectivity index (χ1) is 12.2. The number of rotatable bonds is 3. The van der Waals surface area contributed by atoms with Gasteiger partial charge in [0.25, 0.3) is 5.91 Å². The van der Waals surface area contributed by atoms with Gasteiger partial charge in [-0.25, -0.2) is 9.37 Å². The molecular weight excluding hydrogens is 321 g/mol. The van der Waals surface area contributed by atoms with Crippen molar-refractivity contribution in [3.63, 3.8) is 0 Å². The van der Waals surface area contributed by atoms with Crippen LogP contribution in [0.15, 0.2) is 60.8 Å². The van der Waals surface area contributed by atoms with Crippen molar-refractivity contribution in [2.24, 2.45) is 0 Å². The zero-order valence-electron chi connectivity index (χ0n) is 13.2. The van der Waals surface area contributed by atoms with E-state index in [1.807, 2.05) is 30.3 Å². The molecular formula is C19H15FN3O2+. The third-order valence-corrected chi connectivity index (χ3v) is 3.94. The Bertz CT molecular complexity index is 959. The Hall–Kier alpha value is -3.25. The van der Waals surface area contributed by atoms with Gasteiger partial charge in [-0.3, -0.25) is 10.1 Å². The largest absolute Gasteiger partial charge is 0.482 e. The summed E-state index contributed by atoms with van der Waals surface area (Å²) in [4.78, 5) is 15.8. The molecule has 0 spiro atoms. The molecule has 0 saturated carbocycles. The molecule has 1 amide bonds. The maximum atomic E-state index is 13.8. The summed E-state index contributed by atoms with van der Waals surface area (Å²) in [5.74, 6) is 0.840. The van der Waals surface area contributed by atoms with Crippen LogP contribution in [0.5, 0.6) is 5.75 Å². The number of benzene rings is 2. The normalized spacial score (nSPS) is 12.9. The third kappa shape index (κ3) is 3.20. The second kappa shape index (κ2) is 6.33. The smallest absolute Gasteiger partial charge is 0.262 e. The number of nitrogens with zero attached hydrogens (tertiary/aromatic N) is 1. The van der Waals surface area contributed by atoms with Gasteiger partial charge in [0, 0.05) is 18.3 Å². The minimum atomic E-state index is -0.289. The molecule has 0 unspecified atom stereocenters. The first-order valence-corrected chi connectivity index (χ1v) is 7.81. The number of para-hydroxylation sites is 1. The van der Waals surface area contributed by atoms with Crippen LogP contribution in [0.25, 0.3) is 11.1 Å². The van der Waals surface area contributed by atoms with Gasteiger partial charge >= 0.3 is 0 Å². The Morgan fingerprint density at radius 1 is 1.08 bits per heavy atom. The molecule has 1 aliphatic heterocycles. The number of hydrogen-bond donors (Lipinski definition) is 2. The Labute approximate surface area is 143 Å². The molecule has 6 heteroatoms. The molecule has 0 atom stereocenters. The number of nitrogens with two attached hydrogens (primary N) is 1. The predicted octanol–water partition coefficient (Wildman–Crippen LogP) is 2.75. The van der Waals surface area contributed by atoms with Gasteiger partial charge in [-0.2, -0.15) is 0 Å². The standard InChI is InChI=1S/C19H14FN3O2/c20-14-3-1-2-4-15(14)22-18-10-13(7-8-21-18)12-5-6-17-16(9-12)23-19(24)11-25-17/h1-10H,11H2,(H,21,22)(H,23,24)/p+1. The van der Waals surface area contributed by atoms with Gasteiger partial charge in [0.2, 0.25) is 5.82 Å². The molecule has 1 aliphatic rings. The van der Waals surface area contributed by atoms with Gasteiger partial charge in [0.15, 0.2) is 18.1 Å². The van der Waals surface area contributed by atoms with Crippen LogP contribution in [0, 0.1) is 5.82 Å². The Kier molecular flexibility index (Phi) is 3.87. The highest BCUT2D eigenvalue weighted by Gasteiger charge is 2.17. The number of fused-ring (bicyclic) bond motifs is 1. The van der Waals surface area contributed by atoms with Crippen molar-refractivity contribution in [1.82, 2.24) is 4.98 Å². The quantitative estimate of drug-likeness (QED) is 0.723. The molecule has 0 fully saturated rings. The van der Waals surface area contributed by atoms with Crippen molar-refractivity contribution in [2.45, 2.75) is 0 Å². The average Bonchev–Trinajstić information content (AvgIpc) is 2.63. The lowest BCUT2D eigenvalue weighted by Gasteiger charge is -2.18. The van der Waals surface area contributed by atoms with Crippen LogP contribution in [-0.4, -0.2) is 17.5 Å². The minimum Gasteiger partial charge on any atom is -0.482 e. The summed E-state index contributed by atoms with van der Waals surface area (Å²) < 4.78 is 19.2. The maximum absolute atomic E-state index is 13.8. The predicted molar refractivity (Wildman–Crippen MR) is 91.4 cm³/mol. The van der Waals surface area contributed by atoms with E-state index in [-0.39, 0.29) is 18.3 Å². The molecule has 1 aromatic heterocycles. The SMILES string of the molecule is O=C1COc2ccc(-c3ccnc([NH2+]c4ccccc4F)c3)cc2N1. The summed E-state index contributed by atoms with van der Waals surface area (Å²) >= 11 is 0. The summed E-state index contributed by atoms with van der Waals surface area (Å²) in [5, 5.41) is 4.49. The topological polar surface area (TPSA) is 67.8 Å². The zero-order chi connectivity index (χ0) is 17.2. The molecule has 4 rings (SSSR count). The summed E-state index contributed by atoms with van der Waals surface area (Å²) in [5.41, 5.74) is 2.96. The van der Waals surface area contributed by atoms with Crippen molar-refractivity contribution in [2.75, 3.05) is 11.9 Å². The van der Waals surface area contributed by atoms with E-state index < -0.39 is 0 Å². The van der Waals surface area contributed by atoms with Gasteiger partial charge in [-0.15, -0.1) is 0 Å². The summed E-state index contributed by atoms with van der Waals surface area (Å²) in [6, 6.07) is 15.9. The van der Waals surface area contributed by atoms with Crippen molar-refractivity contribution < 1.29 is 19.2 Å². The highest BCUT2D eigenvalue weighted by molar-refractivity contribution is 5.96. The molecule has 0 saturated heterocycles. The zero-order valence-corrected chi connectivity index (χ0v) is 13.2. The minimum absolute atomic E-state index is 0.0311. The lowest BCUT2D eigenvalue weighted by Crippen LogP contribution is -2.72. The van der Waals surface area contributed by atoms with Gasteiger partial charge in [0.1, 0.15) is 5.75 Å². The number of pyridine rings is 1. The molecule has 0 aliphatic carbocycles. The fourth-order valence-corrected chi connectivity index (χ4v) is 2.72. The second-order valence-corrected chi connectivity index (χ2v) is 5.68. The summed E-state index contributed by atoms with van der Waals surface area (Å²) in [6.07, 6.45) is 1.68. The Morgan fingerprint density at radius 3 is 2.80 bits per heavy atom. The fourth-order valence-electron chi connectivity index (χ4n) is 2.72. The number of aromatic nitrogens is 1. The molecule has 2 aromatic carbocycles. The summed E-state index contributed by atoms with van der Waals surface area (Å²) in [7, 11) is 0. The molecule has 3 aromatic rings. The van der Waals surface area contributed by atoms with Crippen LogP contribution in [0.2, 0.25) is 0 Å². The number of nitrogens with one attached hydrogen (secondary N) is 1. The monoisotopic (exact) mass is 336 g/mol. The van der Waals surface area contributed by atoms with E-state index in [2.05, 4.69) is 10.3 Å². The van der Waals surface area contributed by atoms with Crippen LogP contribution in [0.4, 0.5) is 21.6 Å². The number of anilines is 1. The van der Waals surface area contributed by atoms with Gasteiger partial charge < -0.3 is 10.1 Å². The number of ether oxygens (including phenoxy) is 1. The molecule has 0 bridgehead atoms. The van der Waals surface area contributed by atoms with Crippen LogP contribution in [0.1, 0.15) is 0 Å². The van der Waals surface area contributed by atoms with E-state index >= 15 is 0 Å². The molecule has 124 valence electrons. The van der Waals surface area contributed by atoms with E-state index in [1.165, 1.54) is 6.07 Å². The lowest BCUT2D eigenvalue weighted by atomic mass is 10.1. The number of hydrogen-bond acceptors (Lipinski definition) is 3. The number of amides is 1. The number of carbonyl (C=O) groups is 1. The molecule has 5 nitrogen and oxygen atoms in total. The first kappa shape index (κ1) is 15.3. The van der Waals surface area contributed by atoms with E-state index in [1.54, 1.807) is 29.7 Å². The summed E-state index contributed by atoms with van der Waals surface area (Å²) in [6.45, 7) is 0.0311. The van der Waals surface area contributed by atoms with Crippen molar-refractivity contribution >= 4 is 23.1 Å². The van der Waals surface area contributed by atoms with Gasteiger partial charge in [-0.05, 0) is 35.4 Å². The van der Waals surface area contributed by atoms with Crippen LogP contribution in [-0.2, 0) is 4.79 Å². The fraction of sp³-hybridized carbons (Fsp3) is 0.0526. The molecule has 0 radical (unpaired) electrons. The van der Waals surface area contributed by atoms with Crippen LogP contribution < -0.4 is 15.4 Å². The number of quaternary nitrogens is 1. The van der Waals surface area contributed by atoms with Gasteiger partial charge in [-0.1, -0.05) is 18.2 Å².